The van der Waals surface area contributed by atoms with E-state index < -0.39 is 17.8 Å². The number of carbonyl (C=O) groups is 1. The Hall–Kier alpha value is -1.50. The summed E-state index contributed by atoms with van der Waals surface area (Å²) >= 11 is 1.16. The van der Waals surface area contributed by atoms with Crippen molar-refractivity contribution in [1.82, 2.24) is 0 Å². The van der Waals surface area contributed by atoms with Crippen LogP contribution in [0.3, 0.4) is 0 Å². The van der Waals surface area contributed by atoms with Crippen molar-refractivity contribution < 1.29 is 22.7 Å². The standard InChI is InChI=1S/C9H6F3NO2S/c10-9(11,12)6-2-1-5-7(15-6)4(3-16-5)8(13)14/h2-3H,1H2,(H2,13,14). The Morgan fingerprint density at radius 1 is 1.50 bits per heavy atom. The largest absolute Gasteiger partial charge is 0.450 e. The lowest BCUT2D eigenvalue weighted by atomic mass is 10.2. The van der Waals surface area contributed by atoms with Crippen molar-refractivity contribution in [2.75, 3.05) is 0 Å². The maximum absolute atomic E-state index is 12.4. The molecule has 1 aliphatic heterocycles. The second-order valence-corrected chi connectivity index (χ2v) is 4.10. The lowest BCUT2D eigenvalue weighted by molar-refractivity contribution is -0.117. The van der Waals surface area contributed by atoms with Gasteiger partial charge in [-0.25, -0.2) is 0 Å². The van der Waals surface area contributed by atoms with Gasteiger partial charge in [-0.2, -0.15) is 13.2 Å². The molecule has 0 bridgehead atoms. The van der Waals surface area contributed by atoms with Crippen LogP contribution in [-0.2, 0) is 6.42 Å². The van der Waals surface area contributed by atoms with E-state index >= 15 is 0 Å². The number of hydrogen-bond donors (Lipinski definition) is 1. The van der Waals surface area contributed by atoms with Crippen molar-refractivity contribution in [2.24, 2.45) is 5.73 Å². The molecule has 2 N–H and O–H groups in total. The van der Waals surface area contributed by atoms with Crippen LogP contribution in [0.4, 0.5) is 13.2 Å². The summed E-state index contributed by atoms with van der Waals surface area (Å²) < 4.78 is 41.8. The Labute approximate surface area is 92.3 Å². The van der Waals surface area contributed by atoms with Crippen LogP contribution >= 0.6 is 11.3 Å². The molecule has 7 heteroatoms. The molecule has 0 aliphatic carbocycles. The van der Waals surface area contributed by atoms with Gasteiger partial charge in [0, 0.05) is 11.8 Å². The molecule has 1 amide bonds. The van der Waals surface area contributed by atoms with Crippen LogP contribution in [0.25, 0.3) is 0 Å². The van der Waals surface area contributed by atoms with E-state index in [0.717, 1.165) is 17.4 Å². The number of allylic oxidation sites excluding steroid dienone is 2. The average molecular weight is 249 g/mol. The van der Waals surface area contributed by atoms with Gasteiger partial charge in [-0.1, -0.05) is 0 Å². The molecule has 0 unspecified atom stereocenters. The third-order valence-corrected chi connectivity index (χ3v) is 3.04. The molecule has 86 valence electrons. The average Bonchev–Trinajstić information content (AvgIpc) is 2.58. The zero-order valence-electron chi connectivity index (χ0n) is 7.80. The van der Waals surface area contributed by atoms with Gasteiger partial charge in [-0.15, -0.1) is 11.3 Å². The van der Waals surface area contributed by atoms with Gasteiger partial charge in [0.1, 0.15) is 0 Å². The van der Waals surface area contributed by atoms with E-state index in [2.05, 4.69) is 4.74 Å². The van der Waals surface area contributed by atoms with E-state index in [-0.39, 0.29) is 17.7 Å². The van der Waals surface area contributed by atoms with Crippen LogP contribution in [-0.4, -0.2) is 12.1 Å². The number of halogens is 3. The molecule has 0 aromatic carbocycles. The third kappa shape index (κ3) is 1.78. The fourth-order valence-corrected chi connectivity index (χ4v) is 2.24. The number of rotatable bonds is 1. The fourth-order valence-electron chi connectivity index (χ4n) is 1.32. The summed E-state index contributed by atoms with van der Waals surface area (Å²) in [6.07, 6.45) is -3.50. The van der Waals surface area contributed by atoms with Gasteiger partial charge in [0.25, 0.3) is 5.91 Å². The van der Waals surface area contributed by atoms with E-state index in [1.165, 1.54) is 5.38 Å². The quantitative estimate of drug-likeness (QED) is 0.829. The lowest BCUT2D eigenvalue weighted by Crippen LogP contribution is -2.21. The summed E-state index contributed by atoms with van der Waals surface area (Å²) in [5.41, 5.74) is 5.02. The highest BCUT2D eigenvalue weighted by Crippen LogP contribution is 2.39. The van der Waals surface area contributed by atoms with Crippen LogP contribution in [0, 0.1) is 0 Å². The fraction of sp³-hybridized carbons (Fsp3) is 0.222. The van der Waals surface area contributed by atoms with Gasteiger partial charge >= 0.3 is 6.18 Å². The first kappa shape index (κ1) is 11.0. The molecule has 2 heterocycles. The van der Waals surface area contributed by atoms with Gasteiger partial charge < -0.3 is 10.5 Å². The van der Waals surface area contributed by atoms with Crippen molar-refractivity contribution >= 4 is 17.2 Å². The van der Waals surface area contributed by atoms with Gasteiger partial charge in [-0.05, 0) is 6.08 Å². The monoisotopic (exact) mass is 249 g/mol. The number of nitrogens with two attached hydrogens (primary N) is 1. The van der Waals surface area contributed by atoms with Crippen molar-refractivity contribution in [3.63, 3.8) is 0 Å². The molecule has 1 aromatic rings. The van der Waals surface area contributed by atoms with E-state index in [4.69, 9.17) is 5.73 Å². The highest BCUT2D eigenvalue weighted by atomic mass is 32.1. The first-order chi connectivity index (χ1) is 7.39. The van der Waals surface area contributed by atoms with Gasteiger partial charge in [0.15, 0.2) is 5.75 Å². The Morgan fingerprint density at radius 3 is 2.75 bits per heavy atom. The SMILES string of the molecule is NC(=O)c1csc2c1OC(C(F)(F)F)=CC2. The molecule has 0 saturated heterocycles. The van der Waals surface area contributed by atoms with Crippen LogP contribution in [0.5, 0.6) is 5.75 Å². The number of fused-ring (bicyclic) bond motifs is 1. The van der Waals surface area contributed by atoms with Gasteiger partial charge in [-0.3, -0.25) is 4.79 Å². The molecule has 16 heavy (non-hydrogen) atoms. The molecule has 3 nitrogen and oxygen atoms in total. The zero-order chi connectivity index (χ0) is 11.9. The Kier molecular flexibility index (Phi) is 2.42. The van der Waals surface area contributed by atoms with Crippen molar-refractivity contribution in [3.8, 4) is 5.75 Å². The summed E-state index contributed by atoms with van der Waals surface area (Å²) in [6.45, 7) is 0. The minimum Gasteiger partial charge on any atom is -0.450 e. The molecule has 0 atom stereocenters. The third-order valence-electron chi connectivity index (χ3n) is 2.05. The normalized spacial score (nSPS) is 15.1. The first-order valence-electron chi connectivity index (χ1n) is 4.25. The van der Waals surface area contributed by atoms with Crippen molar-refractivity contribution in [3.05, 3.63) is 27.7 Å². The molecule has 2 rings (SSSR count). The molecule has 0 spiro atoms. The van der Waals surface area contributed by atoms with Crippen LogP contribution < -0.4 is 10.5 Å². The maximum atomic E-state index is 12.4. The second-order valence-electron chi connectivity index (χ2n) is 3.14. The molecule has 1 aliphatic rings. The summed E-state index contributed by atoms with van der Waals surface area (Å²) in [7, 11) is 0. The first-order valence-corrected chi connectivity index (χ1v) is 5.13. The van der Waals surface area contributed by atoms with Gasteiger partial charge in [0.05, 0.1) is 10.4 Å². The number of amides is 1. The summed E-state index contributed by atoms with van der Waals surface area (Å²) in [5.74, 6) is -1.95. The number of hydrogen-bond acceptors (Lipinski definition) is 3. The van der Waals surface area contributed by atoms with E-state index in [0.29, 0.717) is 4.88 Å². The van der Waals surface area contributed by atoms with Gasteiger partial charge in [0.2, 0.25) is 5.76 Å². The number of alkyl halides is 3. The van der Waals surface area contributed by atoms with Crippen LogP contribution in [0.15, 0.2) is 17.2 Å². The topological polar surface area (TPSA) is 52.3 Å². The Balaban J connectivity index is 2.37. The van der Waals surface area contributed by atoms with Crippen molar-refractivity contribution in [2.45, 2.75) is 12.6 Å². The Bertz CT molecular complexity index is 476. The highest BCUT2D eigenvalue weighted by Gasteiger charge is 2.39. The maximum Gasteiger partial charge on any atom is 0.449 e. The molecular weight excluding hydrogens is 243 g/mol. The number of carbonyl (C=O) groups excluding carboxylic acids is 1. The zero-order valence-corrected chi connectivity index (χ0v) is 8.61. The van der Waals surface area contributed by atoms with Crippen molar-refractivity contribution in [1.29, 1.82) is 0 Å². The Morgan fingerprint density at radius 2 is 2.19 bits per heavy atom. The predicted octanol–water partition coefficient (Wildman–Crippen LogP) is 2.23. The number of ether oxygens (including phenoxy) is 1. The van der Waals surface area contributed by atoms with E-state index in [1.54, 1.807) is 0 Å². The van der Waals surface area contributed by atoms with Crippen LogP contribution in [0.2, 0.25) is 0 Å². The van der Waals surface area contributed by atoms with E-state index in [1.807, 2.05) is 0 Å². The highest BCUT2D eigenvalue weighted by molar-refractivity contribution is 7.10. The summed E-state index contributed by atoms with van der Waals surface area (Å²) in [4.78, 5) is 11.5. The smallest absolute Gasteiger partial charge is 0.449 e. The number of primary amides is 1. The second kappa shape index (κ2) is 3.51. The predicted molar refractivity (Wildman–Crippen MR) is 51.3 cm³/mol. The minimum atomic E-state index is -4.55. The molecule has 0 saturated carbocycles. The lowest BCUT2D eigenvalue weighted by Gasteiger charge is -2.17. The molecule has 0 fully saturated rings. The summed E-state index contributed by atoms with van der Waals surface area (Å²) in [5, 5.41) is 1.40. The van der Waals surface area contributed by atoms with E-state index in [9.17, 15) is 18.0 Å². The molecular formula is C9H6F3NO2S. The van der Waals surface area contributed by atoms with Crippen LogP contribution in [0.1, 0.15) is 15.2 Å². The molecule has 1 aromatic heterocycles. The molecule has 0 radical (unpaired) electrons. The minimum absolute atomic E-state index is 0.00477. The number of thiophene rings is 1. The summed E-state index contributed by atoms with van der Waals surface area (Å²) in [6, 6.07) is 0.